The first-order valence-electron chi connectivity index (χ1n) is 9.98. The predicted molar refractivity (Wildman–Crippen MR) is 140 cm³/mol. The number of rotatable bonds is 6. The van der Waals surface area contributed by atoms with E-state index in [1.807, 2.05) is 67.6 Å². The molecule has 1 aliphatic heterocycles. The Hall–Kier alpha value is -2.06. The molecule has 33 heavy (non-hydrogen) atoms. The van der Waals surface area contributed by atoms with Gasteiger partial charge in [-0.3, -0.25) is 14.5 Å². The molecule has 0 atom stereocenters. The number of carbonyl (C=O) groups excluding carboxylic acids is 2. The predicted octanol–water partition coefficient (Wildman–Crippen LogP) is 7.99. The highest BCUT2D eigenvalue weighted by Crippen LogP contribution is 2.38. The summed E-state index contributed by atoms with van der Waals surface area (Å²) in [6, 6.07) is 19.0. The highest BCUT2D eigenvalue weighted by Gasteiger charge is 2.35. The molecule has 2 amide bonds. The molecule has 0 aliphatic carbocycles. The molecule has 168 valence electrons. The van der Waals surface area contributed by atoms with E-state index in [1.54, 1.807) is 6.08 Å². The molecule has 4 nitrogen and oxygen atoms in total. The number of thioether (sulfide) groups is 1. The molecule has 0 N–H and O–H groups in total. The molecular weight excluding hydrogens is 590 g/mol. The number of carbonyl (C=O) groups is 2. The number of amides is 2. The monoisotopic (exact) mass is 605 g/mol. The van der Waals surface area contributed by atoms with E-state index < -0.39 is 0 Å². The molecule has 0 unspecified atom stereocenters. The molecule has 1 aliphatic rings. The lowest BCUT2D eigenvalue weighted by Gasteiger charge is -2.13. The van der Waals surface area contributed by atoms with Gasteiger partial charge in [-0.05, 0) is 85.9 Å². The SMILES string of the molecule is Cc1ccc(CN2C(=O)S/C(=C\c3cc(Br)c(OCc4ccccc4Cl)c(Br)c3)C2=O)cc1. The highest BCUT2D eigenvalue weighted by atomic mass is 79.9. The zero-order valence-electron chi connectivity index (χ0n) is 17.5. The lowest BCUT2D eigenvalue weighted by Crippen LogP contribution is -2.27. The zero-order chi connectivity index (χ0) is 23.5. The summed E-state index contributed by atoms with van der Waals surface area (Å²) in [6.45, 7) is 2.56. The van der Waals surface area contributed by atoms with E-state index in [2.05, 4.69) is 31.9 Å². The van der Waals surface area contributed by atoms with Gasteiger partial charge in [0.2, 0.25) is 0 Å². The van der Waals surface area contributed by atoms with E-state index in [1.165, 1.54) is 4.90 Å². The first-order valence-corrected chi connectivity index (χ1v) is 12.8. The van der Waals surface area contributed by atoms with Crippen molar-refractivity contribution in [3.8, 4) is 5.75 Å². The molecule has 0 saturated carbocycles. The van der Waals surface area contributed by atoms with Gasteiger partial charge in [-0.2, -0.15) is 0 Å². The topological polar surface area (TPSA) is 46.6 Å². The van der Waals surface area contributed by atoms with Crippen molar-refractivity contribution in [2.45, 2.75) is 20.1 Å². The van der Waals surface area contributed by atoms with Crippen molar-refractivity contribution >= 4 is 72.4 Å². The average Bonchev–Trinajstić information content (AvgIpc) is 3.03. The van der Waals surface area contributed by atoms with Crippen LogP contribution < -0.4 is 4.74 Å². The molecule has 0 aromatic heterocycles. The molecule has 8 heteroatoms. The van der Waals surface area contributed by atoms with Crippen molar-refractivity contribution in [2.75, 3.05) is 0 Å². The smallest absolute Gasteiger partial charge is 0.293 e. The summed E-state index contributed by atoms with van der Waals surface area (Å²) in [6.07, 6.45) is 1.72. The van der Waals surface area contributed by atoms with Crippen LogP contribution in [0.15, 0.2) is 74.5 Å². The Balaban J connectivity index is 1.50. The molecule has 3 aromatic rings. The van der Waals surface area contributed by atoms with Crippen LogP contribution in [0.25, 0.3) is 6.08 Å². The summed E-state index contributed by atoms with van der Waals surface area (Å²) in [4.78, 5) is 27.0. The van der Waals surface area contributed by atoms with Gasteiger partial charge in [0.1, 0.15) is 12.4 Å². The highest BCUT2D eigenvalue weighted by molar-refractivity contribution is 9.11. The lowest BCUT2D eigenvalue weighted by atomic mass is 10.1. The zero-order valence-corrected chi connectivity index (χ0v) is 22.2. The van der Waals surface area contributed by atoms with Gasteiger partial charge in [0.15, 0.2) is 0 Å². The Morgan fingerprint density at radius 2 is 1.70 bits per heavy atom. The summed E-state index contributed by atoms with van der Waals surface area (Å²) in [7, 11) is 0. The van der Waals surface area contributed by atoms with Crippen molar-refractivity contribution in [3.05, 3.63) is 102 Å². The first kappa shape index (κ1) is 24.1. The van der Waals surface area contributed by atoms with Gasteiger partial charge in [0.05, 0.1) is 20.4 Å². The number of aryl methyl sites for hydroxylation is 1. The standard InChI is InChI=1S/C25H18Br2ClNO3S/c1-15-6-8-16(9-7-15)13-29-24(30)22(33-25(29)31)12-17-10-19(26)23(20(27)11-17)32-14-18-4-2-3-5-21(18)28/h2-12H,13-14H2,1H3/b22-12-. The van der Waals surface area contributed by atoms with Crippen molar-refractivity contribution < 1.29 is 14.3 Å². The third kappa shape index (κ3) is 5.72. The number of hydrogen-bond donors (Lipinski definition) is 0. The van der Waals surface area contributed by atoms with Crippen molar-refractivity contribution in [1.82, 2.24) is 4.90 Å². The van der Waals surface area contributed by atoms with Crippen LogP contribution in [-0.4, -0.2) is 16.0 Å². The van der Waals surface area contributed by atoms with Gasteiger partial charge in [-0.25, -0.2) is 0 Å². The Morgan fingerprint density at radius 1 is 1.03 bits per heavy atom. The minimum absolute atomic E-state index is 0.254. The Bertz CT molecular complexity index is 1240. The normalized spacial score (nSPS) is 14.9. The summed E-state index contributed by atoms with van der Waals surface area (Å²) in [5, 5.41) is 0.368. The second kappa shape index (κ2) is 10.5. The molecule has 1 fully saturated rings. The fraction of sp³-hybridized carbons (Fsp3) is 0.120. The van der Waals surface area contributed by atoms with E-state index in [9.17, 15) is 9.59 Å². The summed E-state index contributed by atoms with van der Waals surface area (Å²) in [5.74, 6) is 0.330. The Labute approximate surface area is 218 Å². The quantitative estimate of drug-likeness (QED) is 0.267. The van der Waals surface area contributed by atoms with Crippen LogP contribution in [-0.2, 0) is 17.9 Å². The Kier molecular flexibility index (Phi) is 7.64. The summed E-state index contributed by atoms with van der Waals surface area (Å²) in [5.41, 5.74) is 3.68. The minimum atomic E-state index is -0.295. The van der Waals surface area contributed by atoms with E-state index >= 15 is 0 Å². The molecule has 1 heterocycles. The third-order valence-electron chi connectivity index (χ3n) is 4.98. The van der Waals surface area contributed by atoms with Crippen molar-refractivity contribution in [2.24, 2.45) is 0 Å². The van der Waals surface area contributed by atoms with Crippen LogP contribution in [0.5, 0.6) is 5.75 Å². The van der Waals surface area contributed by atoms with E-state index in [0.717, 1.165) is 34.0 Å². The van der Waals surface area contributed by atoms with E-state index in [4.69, 9.17) is 16.3 Å². The summed E-state index contributed by atoms with van der Waals surface area (Å²) >= 11 is 14.2. The second-order valence-electron chi connectivity index (χ2n) is 7.45. The van der Waals surface area contributed by atoms with Gasteiger partial charge in [0, 0.05) is 10.6 Å². The van der Waals surface area contributed by atoms with Gasteiger partial charge < -0.3 is 4.74 Å². The fourth-order valence-electron chi connectivity index (χ4n) is 3.23. The summed E-state index contributed by atoms with van der Waals surface area (Å²) < 4.78 is 7.39. The van der Waals surface area contributed by atoms with Crippen LogP contribution >= 0.6 is 55.2 Å². The van der Waals surface area contributed by atoms with E-state index in [0.29, 0.717) is 31.2 Å². The maximum absolute atomic E-state index is 12.9. The first-order chi connectivity index (χ1) is 15.8. The van der Waals surface area contributed by atoms with Crippen LogP contribution in [0, 0.1) is 6.92 Å². The van der Waals surface area contributed by atoms with Crippen molar-refractivity contribution in [3.63, 3.8) is 0 Å². The number of ether oxygens (including phenoxy) is 1. The Morgan fingerprint density at radius 3 is 2.36 bits per heavy atom. The van der Waals surface area contributed by atoms with Gasteiger partial charge in [-0.15, -0.1) is 0 Å². The van der Waals surface area contributed by atoms with E-state index in [-0.39, 0.29) is 17.7 Å². The van der Waals surface area contributed by atoms with Crippen molar-refractivity contribution in [1.29, 1.82) is 0 Å². The van der Waals surface area contributed by atoms with Gasteiger partial charge >= 0.3 is 0 Å². The maximum atomic E-state index is 12.9. The average molecular weight is 608 g/mol. The number of hydrogen-bond acceptors (Lipinski definition) is 4. The molecule has 3 aromatic carbocycles. The van der Waals surface area contributed by atoms with Crippen LogP contribution in [0.1, 0.15) is 22.3 Å². The molecule has 4 rings (SSSR count). The molecular formula is C25H18Br2ClNO3S. The van der Waals surface area contributed by atoms with Gasteiger partial charge in [0.25, 0.3) is 11.1 Å². The van der Waals surface area contributed by atoms with Gasteiger partial charge in [-0.1, -0.05) is 59.6 Å². The number of benzene rings is 3. The van der Waals surface area contributed by atoms with Crippen LogP contribution in [0.3, 0.4) is 0 Å². The second-order valence-corrected chi connectivity index (χ2v) is 10.6. The number of nitrogens with zero attached hydrogens (tertiary/aromatic N) is 1. The number of halogens is 3. The fourth-order valence-corrected chi connectivity index (χ4v) is 5.71. The maximum Gasteiger partial charge on any atom is 0.293 e. The largest absolute Gasteiger partial charge is 0.486 e. The van der Waals surface area contributed by atoms with Crippen LogP contribution in [0.4, 0.5) is 4.79 Å². The molecule has 0 bridgehead atoms. The lowest BCUT2D eigenvalue weighted by molar-refractivity contribution is -0.123. The molecule has 0 spiro atoms. The van der Waals surface area contributed by atoms with Crippen LogP contribution in [0.2, 0.25) is 5.02 Å². The molecule has 1 saturated heterocycles. The third-order valence-corrected chi connectivity index (χ3v) is 7.44. The molecule has 0 radical (unpaired) electrons. The minimum Gasteiger partial charge on any atom is -0.486 e. The number of imide groups is 1.